The normalized spacial score (nSPS) is 12.8. The van der Waals surface area contributed by atoms with Crippen LogP contribution < -0.4 is 5.32 Å². The van der Waals surface area contributed by atoms with Gasteiger partial charge in [0.25, 0.3) is 0 Å². The standard InChI is InChI=1S/C13H22ClN3/c1-9(2)6-5-7-10(3)15-12-8-11(4)16-13(14)17-12/h8-10H,5-7H2,1-4H3,(H,15,16,17). The van der Waals surface area contributed by atoms with Gasteiger partial charge >= 0.3 is 0 Å². The second-order valence-electron chi connectivity index (χ2n) is 5.03. The van der Waals surface area contributed by atoms with E-state index in [1.54, 1.807) is 0 Å². The molecule has 0 radical (unpaired) electrons. The van der Waals surface area contributed by atoms with Crippen LogP contribution in [0, 0.1) is 12.8 Å². The van der Waals surface area contributed by atoms with E-state index in [2.05, 4.69) is 36.1 Å². The summed E-state index contributed by atoms with van der Waals surface area (Å²) in [6, 6.07) is 2.34. The van der Waals surface area contributed by atoms with Gasteiger partial charge in [0, 0.05) is 17.8 Å². The van der Waals surface area contributed by atoms with Crippen molar-refractivity contribution in [3.8, 4) is 0 Å². The van der Waals surface area contributed by atoms with Gasteiger partial charge in [-0.25, -0.2) is 9.97 Å². The number of rotatable bonds is 6. The van der Waals surface area contributed by atoms with E-state index in [0.717, 1.165) is 23.9 Å². The Labute approximate surface area is 109 Å². The predicted molar refractivity (Wildman–Crippen MR) is 73.6 cm³/mol. The molecule has 0 aliphatic heterocycles. The summed E-state index contributed by atoms with van der Waals surface area (Å²) in [4.78, 5) is 8.20. The SMILES string of the molecule is Cc1cc(NC(C)CCCC(C)C)nc(Cl)n1. The fourth-order valence-corrected chi connectivity index (χ4v) is 1.99. The first kappa shape index (κ1) is 14.2. The zero-order chi connectivity index (χ0) is 12.8. The minimum atomic E-state index is 0.307. The second-order valence-corrected chi connectivity index (χ2v) is 5.37. The molecular formula is C13H22ClN3. The minimum Gasteiger partial charge on any atom is -0.367 e. The molecule has 0 aliphatic carbocycles. The van der Waals surface area contributed by atoms with Crippen LogP contribution >= 0.6 is 11.6 Å². The average Bonchev–Trinajstić information content (AvgIpc) is 2.14. The molecule has 1 rings (SSSR count). The predicted octanol–water partition coefficient (Wildman–Crippen LogP) is 4.07. The topological polar surface area (TPSA) is 37.8 Å². The van der Waals surface area contributed by atoms with Crippen molar-refractivity contribution < 1.29 is 0 Å². The van der Waals surface area contributed by atoms with Gasteiger partial charge in [0.15, 0.2) is 0 Å². The molecule has 0 fully saturated rings. The number of aromatic nitrogens is 2. The molecule has 0 aliphatic rings. The lowest BCUT2D eigenvalue weighted by atomic mass is 10.0. The smallest absolute Gasteiger partial charge is 0.224 e. The highest BCUT2D eigenvalue weighted by molar-refractivity contribution is 6.28. The maximum Gasteiger partial charge on any atom is 0.224 e. The van der Waals surface area contributed by atoms with Crippen molar-refractivity contribution in [3.63, 3.8) is 0 Å². The quantitative estimate of drug-likeness (QED) is 0.779. The van der Waals surface area contributed by atoms with Crippen LogP contribution in [-0.4, -0.2) is 16.0 Å². The molecule has 3 nitrogen and oxygen atoms in total. The zero-order valence-electron chi connectivity index (χ0n) is 11.1. The lowest BCUT2D eigenvalue weighted by molar-refractivity contribution is 0.520. The van der Waals surface area contributed by atoms with E-state index in [1.165, 1.54) is 12.8 Å². The molecule has 4 heteroatoms. The van der Waals surface area contributed by atoms with Gasteiger partial charge in [0.2, 0.25) is 5.28 Å². The van der Waals surface area contributed by atoms with Crippen molar-refractivity contribution in [2.45, 2.75) is 53.0 Å². The summed E-state index contributed by atoms with van der Waals surface area (Å²) in [5.74, 6) is 1.59. The van der Waals surface area contributed by atoms with Crippen LogP contribution in [0.2, 0.25) is 5.28 Å². The zero-order valence-corrected chi connectivity index (χ0v) is 11.9. The summed E-state index contributed by atoms with van der Waals surface area (Å²) in [5.41, 5.74) is 0.891. The maximum absolute atomic E-state index is 5.82. The Morgan fingerprint density at radius 2 is 1.94 bits per heavy atom. The lowest BCUT2D eigenvalue weighted by Crippen LogP contribution is -2.16. The summed E-state index contributed by atoms with van der Waals surface area (Å²) in [5, 5.41) is 3.67. The molecule has 0 saturated carbocycles. The highest BCUT2D eigenvalue weighted by atomic mass is 35.5. The number of anilines is 1. The molecule has 1 atom stereocenters. The third-order valence-corrected chi connectivity index (χ3v) is 2.81. The molecule has 0 bridgehead atoms. The van der Waals surface area contributed by atoms with E-state index < -0.39 is 0 Å². The van der Waals surface area contributed by atoms with Crippen molar-refractivity contribution in [3.05, 3.63) is 17.0 Å². The number of hydrogen-bond donors (Lipinski definition) is 1. The molecule has 0 aromatic carbocycles. The van der Waals surface area contributed by atoms with E-state index in [-0.39, 0.29) is 0 Å². The summed E-state index contributed by atoms with van der Waals surface area (Å²) in [6.45, 7) is 8.60. The fourth-order valence-electron chi connectivity index (χ4n) is 1.76. The van der Waals surface area contributed by atoms with Crippen LogP contribution in [-0.2, 0) is 0 Å². The average molecular weight is 256 g/mol. The first-order valence-corrected chi connectivity index (χ1v) is 6.63. The van der Waals surface area contributed by atoms with Crippen molar-refractivity contribution in [1.29, 1.82) is 0 Å². The summed E-state index contributed by atoms with van der Waals surface area (Å²) < 4.78 is 0. The molecule has 1 N–H and O–H groups in total. The maximum atomic E-state index is 5.82. The van der Waals surface area contributed by atoms with Crippen molar-refractivity contribution in [2.75, 3.05) is 5.32 Å². The molecule has 1 aromatic heterocycles. The highest BCUT2D eigenvalue weighted by Crippen LogP contribution is 2.14. The van der Waals surface area contributed by atoms with Crippen LogP contribution in [0.4, 0.5) is 5.82 Å². The Morgan fingerprint density at radius 3 is 2.53 bits per heavy atom. The van der Waals surface area contributed by atoms with E-state index in [9.17, 15) is 0 Å². The van der Waals surface area contributed by atoms with Crippen LogP contribution in [0.25, 0.3) is 0 Å². The van der Waals surface area contributed by atoms with Crippen LogP contribution in [0.3, 0.4) is 0 Å². The largest absolute Gasteiger partial charge is 0.367 e. The molecule has 1 aromatic rings. The Hall–Kier alpha value is -0.830. The third kappa shape index (κ3) is 5.87. The van der Waals surface area contributed by atoms with E-state index in [4.69, 9.17) is 11.6 Å². The van der Waals surface area contributed by atoms with Crippen molar-refractivity contribution >= 4 is 17.4 Å². The van der Waals surface area contributed by atoms with Gasteiger partial charge < -0.3 is 5.32 Å². The third-order valence-electron chi connectivity index (χ3n) is 2.64. The van der Waals surface area contributed by atoms with Gasteiger partial charge in [-0.05, 0) is 37.8 Å². The molecule has 0 saturated heterocycles. The number of halogens is 1. The Bertz CT molecular complexity index is 332. The van der Waals surface area contributed by atoms with Crippen molar-refractivity contribution in [2.24, 2.45) is 5.92 Å². The van der Waals surface area contributed by atoms with Gasteiger partial charge in [0.05, 0.1) is 0 Å². The Balaban J connectivity index is 2.42. The van der Waals surface area contributed by atoms with E-state index in [1.807, 2.05) is 13.0 Å². The summed E-state index contributed by atoms with van der Waals surface area (Å²) in [6.07, 6.45) is 3.66. The molecule has 1 heterocycles. The molecule has 17 heavy (non-hydrogen) atoms. The van der Waals surface area contributed by atoms with Gasteiger partial charge in [-0.1, -0.05) is 26.7 Å². The highest BCUT2D eigenvalue weighted by Gasteiger charge is 2.05. The summed E-state index contributed by atoms with van der Waals surface area (Å²) >= 11 is 5.82. The molecule has 0 amide bonds. The number of nitrogens with one attached hydrogen (secondary N) is 1. The molecule has 0 spiro atoms. The van der Waals surface area contributed by atoms with Crippen LogP contribution in [0.1, 0.15) is 45.7 Å². The van der Waals surface area contributed by atoms with Crippen LogP contribution in [0.15, 0.2) is 6.07 Å². The minimum absolute atomic E-state index is 0.307. The number of nitrogens with zero attached hydrogens (tertiary/aromatic N) is 2. The first-order valence-electron chi connectivity index (χ1n) is 6.25. The Kier molecular flexibility index (Phi) is 5.69. The number of hydrogen-bond acceptors (Lipinski definition) is 3. The molecule has 1 unspecified atom stereocenters. The van der Waals surface area contributed by atoms with Gasteiger partial charge in [0.1, 0.15) is 5.82 Å². The van der Waals surface area contributed by atoms with Crippen molar-refractivity contribution in [1.82, 2.24) is 9.97 Å². The monoisotopic (exact) mass is 255 g/mol. The Morgan fingerprint density at radius 1 is 1.24 bits per heavy atom. The van der Waals surface area contributed by atoms with Crippen LogP contribution in [0.5, 0.6) is 0 Å². The second kappa shape index (κ2) is 6.80. The summed E-state index contributed by atoms with van der Waals surface area (Å²) in [7, 11) is 0. The van der Waals surface area contributed by atoms with E-state index >= 15 is 0 Å². The molecule has 96 valence electrons. The van der Waals surface area contributed by atoms with Gasteiger partial charge in [-0.3, -0.25) is 0 Å². The van der Waals surface area contributed by atoms with Gasteiger partial charge in [-0.2, -0.15) is 0 Å². The van der Waals surface area contributed by atoms with E-state index in [0.29, 0.717) is 11.3 Å². The first-order chi connectivity index (χ1) is 7.97. The molecular weight excluding hydrogens is 234 g/mol. The number of aryl methyl sites for hydroxylation is 1. The fraction of sp³-hybridized carbons (Fsp3) is 0.692. The lowest BCUT2D eigenvalue weighted by Gasteiger charge is -2.15. The van der Waals surface area contributed by atoms with Gasteiger partial charge in [-0.15, -0.1) is 0 Å².